The fourth-order valence-corrected chi connectivity index (χ4v) is 2.89. The Labute approximate surface area is 115 Å². The first kappa shape index (κ1) is 14.1. The molecule has 0 spiro atoms. The van der Waals surface area contributed by atoms with Gasteiger partial charge in [0.2, 0.25) is 5.91 Å². The lowest BCUT2D eigenvalue weighted by Gasteiger charge is -2.35. The summed E-state index contributed by atoms with van der Waals surface area (Å²) in [6, 6.07) is 9.91. The van der Waals surface area contributed by atoms with E-state index in [-0.39, 0.29) is 17.9 Å². The molecule has 1 aromatic carbocycles. The number of hydrogen-bond acceptors (Lipinski definition) is 2. The Kier molecular flexibility index (Phi) is 4.97. The maximum Gasteiger partial charge on any atom is 0.220 e. The smallest absolute Gasteiger partial charge is 0.220 e. The van der Waals surface area contributed by atoms with Gasteiger partial charge in [0.05, 0.1) is 0 Å². The number of carbonyl (C=O) groups excluding carboxylic acids is 1. The van der Waals surface area contributed by atoms with Crippen LogP contribution in [0, 0.1) is 5.41 Å². The lowest BCUT2D eigenvalue weighted by Crippen LogP contribution is -2.35. The minimum absolute atomic E-state index is 0.0554. The van der Waals surface area contributed by atoms with Crippen molar-refractivity contribution < 1.29 is 9.90 Å². The Bertz CT molecular complexity index is 396. The maximum atomic E-state index is 12.0. The minimum Gasteiger partial charge on any atom is -0.396 e. The van der Waals surface area contributed by atoms with Gasteiger partial charge in [-0.3, -0.25) is 4.79 Å². The van der Waals surface area contributed by atoms with Crippen LogP contribution in [0.3, 0.4) is 0 Å². The lowest BCUT2D eigenvalue weighted by molar-refractivity contribution is -0.125. The Hall–Kier alpha value is -1.35. The van der Waals surface area contributed by atoms with E-state index in [4.69, 9.17) is 0 Å². The van der Waals surface area contributed by atoms with Gasteiger partial charge in [-0.1, -0.05) is 49.6 Å². The molecule has 0 bridgehead atoms. The Morgan fingerprint density at radius 2 is 1.84 bits per heavy atom. The van der Waals surface area contributed by atoms with E-state index in [1.165, 1.54) is 6.42 Å². The number of nitrogens with one attached hydrogen (secondary N) is 1. The molecule has 3 heteroatoms. The van der Waals surface area contributed by atoms with E-state index < -0.39 is 0 Å². The molecule has 1 aliphatic carbocycles. The highest BCUT2D eigenvalue weighted by Crippen LogP contribution is 2.38. The van der Waals surface area contributed by atoms with Crippen LogP contribution in [0.5, 0.6) is 0 Å². The normalized spacial score (nSPS) is 17.9. The summed E-state index contributed by atoms with van der Waals surface area (Å²) >= 11 is 0. The second-order valence-electron chi connectivity index (χ2n) is 5.66. The van der Waals surface area contributed by atoms with Crippen molar-refractivity contribution in [2.45, 2.75) is 45.1 Å². The molecular weight excluding hydrogens is 238 g/mol. The molecule has 0 heterocycles. The van der Waals surface area contributed by atoms with Gasteiger partial charge in [0.25, 0.3) is 0 Å². The third-order valence-corrected chi connectivity index (χ3v) is 4.12. The highest BCUT2D eigenvalue weighted by atomic mass is 16.3. The second kappa shape index (κ2) is 6.71. The van der Waals surface area contributed by atoms with Crippen molar-refractivity contribution in [2.75, 3.05) is 6.61 Å². The van der Waals surface area contributed by atoms with Gasteiger partial charge >= 0.3 is 0 Å². The molecule has 1 aromatic rings. The van der Waals surface area contributed by atoms with Crippen LogP contribution in [0.4, 0.5) is 0 Å². The summed E-state index contributed by atoms with van der Waals surface area (Å²) in [6.45, 7) is 0.701. The van der Waals surface area contributed by atoms with Gasteiger partial charge in [-0.2, -0.15) is 0 Å². The predicted molar refractivity (Wildman–Crippen MR) is 75.5 cm³/mol. The Morgan fingerprint density at radius 1 is 1.16 bits per heavy atom. The van der Waals surface area contributed by atoms with Crippen LogP contribution in [0.15, 0.2) is 30.3 Å². The van der Waals surface area contributed by atoms with Crippen molar-refractivity contribution in [1.29, 1.82) is 0 Å². The fraction of sp³-hybridized carbons (Fsp3) is 0.562. The number of hydrogen-bond donors (Lipinski definition) is 2. The standard InChI is InChI=1S/C16H23NO2/c18-13-16(9-5-2-6-10-16)11-15(19)17-12-14-7-3-1-4-8-14/h1,3-4,7-8,18H,2,5-6,9-13H2,(H,17,19). The third-order valence-electron chi connectivity index (χ3n) is 4.12. The molecule has 1 fully saturated rings. The molecule has 19 heavy (non-hydrogen) atoms. The molecule has 104 valence electrons. The second-order valence-corrected chi connectivity index (χ2v) is 5.66. The molecule has 0 atom stereocenters. The average Bonchev–Trinajstić information content (AvgIpc) is 2.47. The van der Waals surface area contributed by atoms with Crippen molar-refractivity contribution in [1.82, 2.24) is 5.32 Å². The molecule has 0 aromatic heterocycles. The van der Waals surface area contributed by atoms with Crippen LogP contribution in [0.1, 0.15) is 44.1 Å². The van der Waals surface area contributed by atoms with Crippen molar-refractivity contribution in [2.24, 2.45) is 5.41 Å². The SMILES string of the molecule is O=C(CC1(CO)CCCCC1)NCc1ccccc1. The van der Waals surface area contributed by atoms with Gasteiger partial charge < -0.3 is 10.4 Å². The fourth-order valence-electron chi connectivity index (χ4n) is 2.89. The summed E-state index contributed by atoms with van der Waals surface area (Å²) in [5.74, 6) is 0.0554. The largest absolute Gasteiger partial charge is 0.396 e. The van der Waals surface area contributed by atoms with E-state index in [0.717, 1.165) is 31.2 Å². The number of aliphatic hydroxyl groups is 1. The molecule has 2 rings (SSSR count). The van der Waals surface area contributed by atoms with E-state index in [2.05, 4.69) is 5.32 Å². The molecular formula is C16H23NO2. The predicted octanol–water partition coefficient (Wildman–Crippen LogP) is 2.64. The number of carbonyl (C=O) groups is 1. The molecule has 1 aliphatic rings. The number of amides is 1. The first-order chi connectivity index (χ1) is 9.24. The molecule has 1 amide bonds. The molecule has 0 radical (unpaired) electrons. The van der Waals surface area contributed by atoms with E-state index in [1.807, 2.05) is 30.3 Å². The minimum atomic E-state index is -0.168. The van der Waals surface area contributed by atoms with Gasteiger partial charge in [0, 0.05) is 25.0 Å². The van der Waals surface area contributed by atoms with E-state index in [0.29, 0.717) is 13.0 Å². The van der Waals surface area contributed by atoms with Crippen molar-refractivity contribution >= 4 is 5.91 Å². The highest BCUT2D eigenvalue weighted by molar-refractivity contribution is 5.76. The van der Waals surface area contributed by atoms with Crippen LogP contribution in [0.2, 0.25) is 0 Å². The first-order valence-corrected chi connectivity index (χ1v) is 7.16. The number of aliphatic hydroxyl groups excluding tert-OH is 1. The van der Waals surface area contributed by atoms with Gasteiger partial charge in [-0.05, 0) is 18.4 Å². The molecule has 3 nitrogen and oxygen atoms in total. The van der Waals surface area contributed by atoms with Crippen molar-refractivity contribution in [3.05, 3.63) is 35.9 Å². The van der Waals surface area contributed by atoms with E-state index in [1.54, 1.807) is 0 Å². The van der Waals surface area contributed by atoms with Crippen LogP contribution in [0.25, 0.3) is 0 Å². The first-order valence-electron chi connectivity index (χ1n) is 7.16. The van der Waals surface area contributed by atoms with Crippen LogP contribution in [-0.2, 0) is 11.3 Å². The van der Waals surface area contributed by atoms with E-state index >= 15 is 0 Å². The quantitative estimate of drug-likeness (QED) is 0.856. The summed E-state index contributed by atoms with van der Waals surface area (Å²) < 4.78 is 0. The zero-order chi connectivity index (χ0) is 13.6. The van der Waals surface area contributed by atoms with Gasteiger partial charge in [-0.25, -0.2) is 0 Å². The number of benzene rings is 1. The summed E-state index contributed by atoms with van der Waals surface area (Å²) in [4.78, 5) is 12.0. The molecule has 0 saturated heterocycles. The van der Waals surface area contributed by atoms with Gasteiger partial charge in [0.1, 0.15) is 0 Å². The van der Waals surface area contributed by atoms with Crippen LogP contribution < -0.4 is 5.32 Å². The van der Waals surface area contributed by atoms with Gasteiger partial charge in [0.15, 0.2) is 0 Å². The highest BCUT2D eigenvalue weighted by Gasteiger charge is 2.33. The van der Waals surface area contributed by atoms with Crippen LogP contribution in [-0.4, -0.2) is 17.6 Å². The monoisotopic (exact) mass is 261 g/mol. The maximum absolute atomic E-state index is 12.0. The van der Waals surface area contributed by atoms with Crippen molar-refractivity contribution in [3.63, 3.8) is 0 Å². The summed E-state index contributed by atoms with van der Waals surface area (Å²) in [5, 5.41) is 12.6. The third kappa shape index (κ3) is 4.06. The summed E-state index contributed by atoms with van der Waals surface area (Å²) in [7, 11) is 0. The zero-order valence-corrected chi connectivity index (χ0v) is 11.4. The number of rotatable bonds is 5. The zero-order valence-electron chi connectivity index (χ0n) is 11.4. The van der Waals surface area contributed by atoms with Crippen molar-refractivity contribution in [3.8, 4) is 0 Å². The van der Waals surface area contributed by atoms with E-state index in [9.17, 15) is 9.90 Å². The summed E-state index contributed by atoms with van der Waals surface area (Å²) in [5.41, 5.74) is 0.941. The topological polar surface area (TPSA) is 49.3 Å². The average molecular weight is 261 g/mol. The molecule has 2 N–H and O–H groups in total. The summed E-state index contributed by atoms with van der Waals surface area (Å²) in [6.07, 6.45) is 5.90. The van der Waals surface area contributed by atoms with Crippen LogP contribution >= 0.6 is 0 Å². The molecule has 0 unspecified atom stereocenters. The Balaban J connectivity index is 1.83. The molecule has 0 aliphatic heterocycles. The lowest BCUT2D eigenvalue weighted by atomic mass is 9.72. The van der Waals surface area contributed by atoms with Gasteiger partial charge in [-0.15, -0.1) is 0 Å². The Morgan fingerprint density at radius 3 is 2.47 bits per heavy atom. The molecule has 1 saturated carbocycles.